The lowest BCUT2D eigenvalue weighted by molar-refractivity contribution is 0.301. The molecule has 2 nitrogen and oxygen atoms in total. The van der Waals surface area contributed by atoms with E-state index in [0.717, 1.165) is 18.8 Å². The normalized spacial score (nSPS) is 10.8. The van der Waals surface area contributed by atoms with E-state index in [-0.39, 0.29) is 26.0 Å². The maximum Gasteiger partial charge on any atom is 0.215 e. The highest BCUT2D eigenvalue weighted by Crippen LogP contribution is 2.22. The van der Waals surface area contributed by atoms with E-state index in [1.165, 1.54) is 5.56 Å². The molecule has 0 aromatic heterocycles. The number of halogens is 1. The molecule has 1 aromatic carbocycles. The maximum absolute atomic E-state index is 5.47. The summed E-state index contributed by atoms with van der Waals surface area (Å²) in [4.78, 5) is 0. The van der Waals surface area contributed by atoms with E-state index < -0.39 is 0 Å². The van der Waals surface area contributed by atoms with Crippen LogP contribution < -0.4 is 4.52 Å². The van der Waals surface area contributed by atoms with Gasteiger partial charge >= 0.3 is 0 Å². The van der Waals surface area contributed by atoms with Crippen molar-refractivity contribution in [1.82, 2.24) is 0 Å². The summed E-state index contributed by atoms with van der Waals surface area (Å²) in [7, 11) is 0.106. The van der Waals surface area contributed by atoms with E-state index in [1.54, 1.807) is 0 Å². The minimum atomic E-state index is 0. The van der Waals surface area contributed by atoms with E-state index in [4.69, 9.17) is 9.05 Å². The van der Waals surface area contributed by atoms with E-state index in [9.17, 15) is 0 Å². The lowest BCUT2D eigenvalue weighted by Gasteiger charge is -2.07. The van der Waals surface area contributed by atoms with Crippen LogP contribution in [0.4, 0.5) is 0 Å². The molecule has 1 aromatic rings. The van der Waals surface area contributed by atoms with Crippen molar-refractivity contribution >= 4 is 26.0 Å². The first kappa shape index (κ1) is 15.9. The fourth-order valence-electron chi connectivity index (χ4n) is 1.09. The molecule has 1 atom stereocenters. The number of aryl methyl sites for hydroxylation is 1. The Hall–Kier alpha value is -0.110. The van der Waals surface area contributed by atoms with E-state index >= 15 is 0 Å². The summed E-state index contributed by atoms with van der Waals surface area (Å²) in [5.41, 5.74) is 1.21. The first-order valence-electron chi connectivity index (χ1n) is 5.29. The van der Waals surface area contributed by atoms with Crippen LogP contribution in [-0.2, 0) is 4.52 Å². The van der Waals surface area contributed by atoms with Crippen LogP contribution in [0.2, 0.25) is 0 Å². The van der Waals surface area contributed by atoms with Crippen LogP contribution >= 0.6 is 26.0 Å². The predicted molar refractivity (Wildman–Crippen MR) is 75.9 cm³/mol. The van der Waals surface area contributed by atoms with Gasteiger partial charge < -0.3 is 9.05 Å². The van der Waals surface area contributed by atoms with Gasteiger partial charge in [-0.2, -0.15) is 0 Å². The lowest BCUT2D eigenvalue weighted by atomic mass is 10.2. The van der Waals surface area contributed by atoms with E-state index in [2.05, 4.69) is 26.8 Å². The first-order valence-corrected chi connectivity index (χ1v) is 6.10. The standard InChI is InChI=1S/C12H19O2P.BrH/c1-10(2)7-8-13-15-14-12-6-4-5-11(3)9-12;/h4-6,9-10,15H,7-8H2,1-3H3;1H. The van der Waals surface area contributed by atoms with Crippen LogP contribution in [0, 0.1) is 12.8 Å². The van der Waals surface area contributed by atoms with Crippen molar-refractivity contribution < 1.29 is 9.05 Å². The monoisotopic (exact) mass is 306 g/mol. The summed E-state index contributed by atoms with van der Waals surface area (Å²) in [5, 5.41) is 0. The lowest BCUT2D eigenvalue weighted by Crippen LogP contribution is -1.94. The molecule has 0 amide bonds. The molecule has 0 heterocycles. The average molecular weight is 307 g/mol. The van der Waals surface area contributed by atoms with Gasteiger partial charge in [0.2, 0.25) is 9.03 Å². The quantitative estimate of drug-likeness (QED) is 0.568. The van der Waals surface area contributed by atoms with Gasteiger partial charge in [0.1, 0.15) is 5.75 Å². The maximum atomic E-state index is 5.47. The van der Waals surface area contributed by atoms with Gasteiger partial charge in [-0.25, -0.2) is 0 Å². The molecule has 92 valence electrons. The van der Waals surface area contributed by atoms with Crippen LogP contribution in [0.1, 0.15) is 25.8 Å². The summed E-state index contributed by atoms with van der Waals surface area (Å²) >= 11 is 0. The molecule has 0 saturated heterocycles. The summed E-state index contributed by atoms with van der Waals surface area (Å²) in [6, 6.07) is 8.00. The van der Waals surface area contributed by atoms with Gasteiger partial charge in [0, 0.05) is 0 Å². The zero-order chi connectivity index (χ0) is 11.1. The van der Waals surface area contributed by atoms with Gasteiger partial charge in [0.15, 0.2) is 0 Å². The number of hydrogen-bond donors (Lipinski definition) is 0. The molecular formula is C12H20BrO2P. The van der Waals surface area contributed by atoms with Crippen molar-refractivity contribution in [2.45, 2.75) is 27.2 Å². The molecule has 4 heteroatoms. The number of benzene rings is 1. The molecule has 0 aliphatic rings. The van der Waals surface area contributed by atoms with Crippen LogP contribution in [0.15, 0.2) is 24.3 Å². The average Bonchev–Trinajstić information content (AvgIpc) is 2.17. The fraction of sp³-hybridized carbons (Fsp3) is 0.500. The van der Waals surface area contributed by atoms with Crippen LogP contribution in [0.5, 0.6) is 5.75 Å². The Kier molecular flexibility index (Phi) is 8.91. The molecule has 16 heavy (non-hydrogen) atoms. The largest absolute Gasteiger partial charge is 0.450 e. The third kappa shape index (κ3) is 7.21. The van der Waals surface area contributed by atoms with Gasteiger partial charge in [-0.15, -0.1) is 17.0 Å². The summed E-state index contributed by atoms with van der Waals surface area (Å²) in [5.74, 6) is 1.58. The van der Waals surface area contributed by atoms with Crippen LogP contribution in [0.25, 0.3) is 0 Å². The predicted octanol–water partition coefficient (Wildman–Crippen LogP) is 4.52. The zero-order valence-corrected chi connectivity index (χ0v) is 12.7. The number of hydrogen-bond acceptors (Lipinski definition) is 2. The Labute approximate surface area is 110 Å². The molecule has 0 spiro atoms. The van der Waals surface area contributed by atoms with Crippen molar-refractivity contribution in [3.05, 3.63) is 29.8 Å². The molecule has 0 N–H and O–H groups in total. The highest BCUT2D eigenvalue weighted by Gasteiger charge is 1.96. The molecule has 0 aliphatic heterocycles. The Morgan fingerprint density at radius 2 is 2.06 bits per heavy atom. The van der Waals surface area contributed by atoms with Crippen molar-refractivity contribution in [2.24, 2.45) is 5.92 Å². The molecule has 0 fully saturated rings. The fourth-order valence-corrected chi connectivity index (χ4v) is 1.58. The first-order chi connectivity index (χ1) is 7.18. The van der Waals surface area contributed by atoms with Gasteiger partial charge in [-0.1, -0.05) is 26.0 Å². The Morgan fingerprint density at radius 3 is 2.69 bits per heavy atom. The highest BCUT2D eigenvalue weighted by atomic mass is 79.9. The zero-order valence-electron chi connectivity index (χ0n) is 10.0. The second kappa shape index (κ2) is 8.98. The second-order valence-electron chi connectivity index (χ2n) is 4.03. The Morgan fingerprint density at radius 1 is 1.31 bits per heavy atom. The SMILES string of the molecule is Br.Cc1cccc(OPOCCC(C)C)c1. The summed E-state index contributed by atoms with van der Waals surface area (Å²) < 4.78 is 10.9. The van der Waals surface area contributed by atoms with Crippen molar-refractivity contribution in [3.8, 4) is 5.75 Å². The third-order valence-electron chi connectivity index (χ3n) is 2.01. The van der Waals surface area contributed by atoms with E-state index in [0.29, 0.717) is 5.92 Å². The van der Waals surface area contributed by atoms with Crippen molar-refractivity contribution in [1.29, 1.82) is 0 Å². The third-order valence-corrected chi connectivity index (χ3v) is 2.65. The second-order valence-corrected chi connectivity index (χ2v) is 4.69. The summed E-state index contributed by atoms with van der Waals surface area (Å²) in [6.07, 6.45) is 1.09. The van der Waals surface area contributed by atoms with Crippen LogP contribution in [0.3, 0.4) is 0 Å². The highest BCUT2D eigenvalue weighted by molar-refractivity contribution is 8.93. The molecule has 0 radical (unpaired) electrons. The Bertz CT molecular complexity index is 292. The van der Waals surface area contributed by atoms with E-state index in [1.807, 2.05) is 18.2 Å². The van der Waals surface area contributed by atoms with Crippen LogP contribution in [-0.4, -0.2) is 6.61 Å². The molecule has 0 aliphatic carbocycles. The minimum absolute atomic E-state index is 0. The van der Waals surface area contributed by atoms with Gasteiger partial charge in [0.05, 0.1) is 6.61 Å². The molecule has 1 unspecified atom stereocenters. The minimum Gasteiger partial charge on any atom is -0.450 e. The smallest absolute Gasteiger partial charge is 0.215 e. The Balaban J connectivity index is 0.00000225. The molecule has 0 saturated carbocycles. The van der Waals surface area contributed by atoms with Gasteiger partial charge in [-0.05, 0) is 37.0 Å². The molecule has 1 rings (SSSR count). The van der Waals surface area contributed by atoms with Gasteiger partial charge in [0.25, 0.3) is 0 Å². The topological polar surface area (TPSA) is 18.5 Å². The molecule has 0 bridgehead atoms. The molecular weight excluding hydrogens is 287 g/mol. The van der Waals surface area contributed by atoms with Gasteiger partial charge in [-0.3, -0.25) is 0 Å². The van der Waals surface area contributed by atoms with Crippen molar-refractivity contribution in [2.75, 3.05) is 6.61 Å². The number of rotatable bonds is 6. The van der Waals surface area contributed by atoms with Crippen molar-refractivity contribution in [3.63, 3.8) is 0 Å². The summed E-state index contributed by atoms with van der Waals surface area (Å²) in [6.45, 7) is 7.21.